The predicted octanol–water partition coefficient (Wildman–Crippen LogP) is 4.58. The van der Waals surface area contributed by atoms with E-state index in [0.29, 0.717) is 40.7 Å². The number of piperidine rings is 1. The van der Waals surface area contributed by atoms with E-state index < -0.39 is 29.7 Å². The van der Waals surface area contributed by atoms with E-state index in [1.165, 1.54) is 11.3 Å². The van der Waals surface area contributed by atoms with Crippen LogP contribution in [0.3, 0.4) is 0 Å². The first-order chi connectivity index (χ1) is 28.9. The van der Waals surface area contributed by atoms with E-state index in [4.69, 9.17) is 14.2 Å². The lowest BCUT2D eigenvalue weighted by Crippen LogP contribution is -2.54. The number of pyridine rings is 1. The Balaban J connectivity index is 0.908. The summed E-state index contributed by atoms with van der Waals surface area (Å²) in [6.45, 7) is 3.67. The molecule has 0 bridgehead atoms. The van der Waals surface area contributed by atoms with Crippen molar-refractivity contribution < 1.29 is 38.2 Å². The van der Waals surface area contributed by atoms with Gasteiger partial charge in [-0.25, -0.2) is 0 Å². The highest BCUT2D eigenvalue weighted by Crippen LogP contribution is 2.40. The molecular formula is C44H52N6O9S. The summed E-state index contributed by atoms with van der Waals surface area (Å²) in [5.41, 5.74) is 2.74. The quantitative estimate of drug-likeness (QED) is 0.127. The van der Waals surface area contributed by atoms with E-state index in [0.717, 1.165) is 84.4 Å². The number of nitrogens with zero attached hydrogens (tertiary/aromatic N) is 4. The van der Waals surface area contributed by atoms with Gasteiger partial charge in [0.1, 0.15) is 23.3 Å². The predicted molar refractivity (Wildman–Crippen MR) is 227 cm³/mol. The van der Waals surface area contributed by atoms with Gasteiger partial charge >= 0.3 is 0 Å². The second-order valence-electron chi connectivity index (χ2n) is 15.9. The number of fused-ring (bicyclic) bond motifs is 2. The highest BCUT2D eigenvalue weighted by molar-refractivity contribution is 7.21. The minimum Gasteiger partial charge on any atom is -0.496 e. The lowest BCUT2D eigenvalue weighted by molar-refractivity contribution is -0.136. The van der Waals surface area contributed by atoms with Gasteiger partial charge in [0.25, 0.3) is 23.3 Å². The average Bonchev–Trinajstić information content (AvgIpc) is 3.69. The molecule has 3 aliphatic rings. The minimum absolute atomic E-state index is 0.00860. The molecule has 2 aromatic carbocycles. The topological polar surface area (TPSA) is 169 Å². The molecule has 4 aromatic rings. The summed E-state index contributed by atoms with van der Waals surface area (Å²) in [7, 11) is 8.93. The van der Waals surface area contributed by atoms with E-state index in [2.05, 4.69) is 15.5 Å². The van der Waals surface area contributed by atoms with Gasteiger partial charge in [-0.15, -0.1) is 11.3 Å². The SMILES string of the molecule is COc1cc(-c2cn(C)c(=O)c3cc(C(=O)NC4CCCN(CCCCCOc5cccc6c5C(=O)N(C5CCC(=O)NC5=O)C6=O)CC4)sc23)cc(OC)c1CN(C)C. The van der Waals surface area contributed by atoms with Crippen molar-refractivity contribution in [3.8, 4) is 28.4 Å². The van der Waals surface area contributed by atoms with Gasteiger partial charge in [-0.05, 0) is 108 Å². The number of unbranched alkanes of at least 4 members (excludes halogenated alkanes) is 2. The molecule has 60 heavy (non-hydrogen) atoms. The van der Waals surface area contributed by atoms with Crippen LogP contribution in [-0.4, -0.2) is 115 Å². The molecule has 5 heterocycles. The zero-order valence-corrected chi connectivity index (χ0v) is 35.6. The van der Waals surface area contributed by atoms with Crippen molar-refractivity contribution in [2.24, 2.45) is 7.05 Å². The Morgan fingerprint density at radius 1 is 0.917 bits per heavy atom. The molecule has 2 saturated heterocycles. The van der Waals surface area contributed by atoms with E-state index in [9.17, 15) is 28.8 Å². The van der Waals surface area contributed by atoms with Crippen LogP contribution in [-0.2, 0) is 23.2 Å². The molecule has 2 fully saturated rings. The first-order valence-electron chi connectivity index (χ1n) is 20.4. The fourth-order valence-corrected chi connectivity index (χ4v) is 9.45. The van der Waals surface area contributed by atoms with Gasteiger partial charge in [-0.2, -0.15) is 0 Å². The summed E-state index contributed by atoms with van der Waals surface area (Å²) in [5, 5.41) is 5.96. The molecule has 5 amide bonds. The maximum Gasteiger partial charge on any atom is 0.266 e. The lowest BCUT2D eigenvalue weighted by Gasteiger charge is -2.27. The van der Waals surface area contributed by atoms with Gasteiger partial charge in [0.05, 0.1) is 47.8 Å². The van der Waals surface area contributed by atoms with Crippen LogP contribution in [0.4, 0.5) is 0 Å². The van der Waals surface area contributed by atoms with Crippen molar-refractivity contribution in [2.45, 2.75) is 70.0 Å². The molecule has 0 aliphatic carbocycles. The Bertz CT molecular complexity index is 2360. The third-order valence-electron chi connectivity index (χ3n) is 11.4. The molecule has 2 aromatic heterocycles. The molecule has 2 unspecified atom stereocenters. The number of likely N-dealkylation sites (tertiary alicyclic amines) is 1. The van der Waals surface area contributed by atoms with Crippen LogP contribution in [0.1, 0.15) is 87.3 Å². The molecular weight excluding hydrogens is 789 g/mol. The number of imide groups is 2. The van der Waals surface area contributed by atoms with E-state index in [1.807, 2.05) is 31.1 Å². The van der Waals surface area contributed by atoms with E-state index in [1.54, 1.807) is 56.3 Å². The number of hydrogen-bond donors (Lipinski definition) is 2. The molecule has 7 rings (SSSR count). The van der Waals surface area contributed by atoms with E-state index >= 15 is 0 Å². The summed E-state index contributed by atoms with van der Waals surface area (Å²) in [5.74, 6) is -0.722. The molecule has 318 valence electrons. The highest BCUT2D eigenvalue weighted by atomic mass is 32.1. The van der Waals surface area contributed by atoms with Gasteiger partial charge in [0, 0.05) is 49.1 Å². The third kappa shape index (κ3) is 8.81. The summed E-state index contributed by atoms with van der Waals surface area (Å²) in [6, 6.07) is 9.47. The average molecular weight is 841 g/mol. The number of thiophene rings is 1. The Morgan fingerprint density at radius 2 is 1.68 bits per heavy atom. The summed E-state index contributed by atoms with van der Waals surface area (Å²) < 4.78 is 19.8. The molecule has 0 spiro atoms. The minimum atomic E-state index is -1.03. The molecule has 0 radical (unpaired) electrons. The molecule has 3 aliphatic heterocycles. The first kappa shape index (κ1) is 42.5. The molecule has 16 heteroatoms. The molecule has 15 nitrogen and oxygen atoms in total. The Morgan fingerprint density at radius 3 is 2.40 bits per heavy atom. The third-order valence-corrected chi connectivity index (χ3v) is 12.6. The van der Waals surface area contributed by atoms with Gasteiger partial charge in [0.2, 0.25) is 11.8 Å². The van der Waals surface area contributed by atoms with Crippen LogP contribution < -0.4 is 30.4 Å². The second-order valence-corrected chi connectivity index (χ2v) is 16.9. The summed E-state index contributed by atoms with van der Waals surface area (Å²) >= 11 is 1.32. The molecule has 2 atom stereocenters. The number of benzene rings is 2. The van der Waals surface area contributed by atoms with Crippen molar-refractivity contribution in [1.82, 2.24) is 29.9 Å². The standard InChI is InChI=1S/C44H52N6O9S/c1-47(2)24-31-34(57-4)21-26(22-35(31)58-5)30-25-48(3)42(54)29-23-36(60-39(29)30)41(53)45-27-11-10-18-49(19-16-27)17-7-6-8-20-59-33-13-9-12-28-38(33)44(56)50(43(28)55)32-14-15-37(51)46-40(32)52/h9,12-13,21-23,25,27,32H,6-8,10-11,14-20,24H2,1-5H3,(H,45,53)(H,46,51,52). The Labute approximate surface area is 352 Å². The first-order valence-corrected chi connectivity index (χ1v) is 21.2. The monoisotopic (exact) mass is 840 g/mol. The summed E-state index contributed by atoms with van der Waals surface area (Å²) in [6.07, 6.45) is 7.16. The number of carbonyl (C=O) groups is 5. The van der Waals surface area contributed by atoms with Crippen LogP contribution in [0, 0.1) is 0 Å². The maximum atomic E-state index is 13.7. The van der Waals surface area contributed by atoms with Crippen molar-refractivity contribution in [1.29, 1.82) is 0 Å². The van der Waals surface area contributed by atoms with Crippen molar-refractivity contribution in [3.63, 3.8) is 0 Å². The van der Waals surface area contributed by atoms with Crippen molar-refractivity contribution >= 4 is 51.0 Å². The fourth-order valence-electron chi connectivity index (χ4n) is 8.36. The van der Waals surface area contributed by atoms with Gasteiger partial charge in [0.15, 0.2) is 0 Å². The second kappa shape index (κ2) is 18.4. The number of methoxy groups -OCH3 is 2. The zero-order chi connectivity index (χ0) is 42.7. The highest BCUT2D eigenvalue weighted by Gasteiger charge is 2.46. The van der Waals surface area contributed by atoms with Crippen LogP contribution in [0.2, 0.25) is 0 Å². The summed E-state index contributed by atoms with van der Waals surface area (Å²) in [4.78, 5) is 83.5. The Hall–Kier alpha value is -5.58. The van der Waals surface area contributed by atoms with Crippen LogP contribution in [0.15, 0.2) is 47.4 Å². The number of hydrogen-bond acceptors (Lipinski definition) is 12. The van der Waals surface area contributed by atoms with Crippen molar-refractivity contribution in [3.05, 3.63) is 74.5 Å². The number of nitrogens with one attached hydrogen (secondary N) is 2. The lowest BCUT2D eigenvalue weighted by atomic mass is 10.0. The van der Waals surface area contributed by atoms with Crippen LogP contribution in [0.5, 0.6) is 17.2 Å². The molecule has 2 N–H and O–H groups in total. The number of carbonyl (C=O) groups excluding carboxylic acids is 5. The number of aromatic nitrogens is 1. The largest absolute Gasteiger partial charge is 0.496 e. The molecule has 0 saturated carbocycles. The maximum absolute atomic E-state index is 13.7. The van der Waals surface area contributed by atoms with Gasteiger partial charge in [-0.3, -0.25) is 39.0 Å². The van der Waals surface area contributed by atoms with Gasteiger partial charge in [-0.1, -0.05) is 6.07 Å². The number of rotatable bonds is 15. The Kier molecular flexibility index (Phi) is 13.0. The normalized spacial score (nSPS) is 18.5. The van der Waals surface area contributed by atoms with Crippen LogP contribution >= 0.6 is 11.3 Å². The van der Waals surface area contributed by atoms with E-state index in [-0.39, 0.29) is 41.5 Å². The smallest absolute Gasteiger partial charge is 0.266 e. The van der Waals surface area contributed by atoms with Crippen LogP contribution in [0.25, 0.3) is 21.2 Å². The van der Waals surface area contributed by atoms with Crippen molar-refractivity contribution in [2.75, 3.05) is 54.6 Å². The number of amides is 5. The zero-order valence-electron chi connectivity index (χ0n) is 34.8. The van der Waals surface area contributed by atoms with Gasteiger partial charge < -0.3 is 33.9 Å². The number of aryl methyl sites for hydroxylation is 1. The fraction of sp³-hybridized carbons (Fsp3) is 0.455. The number of ether oxygens (including phenoxy) is 3.